The number of hydrogen-bond acceptors (Lipinski definition) is 2. The monoisotopic (exact) mass is 296 g/mol. The number of alkyl halides is 1. The minimum Gasteiger partial charge on any atom is -0.367 e. The van der Waals surface area contributed by atoms with Gasteiger partial charge in [-0.1, -0.05) is 22.0 Å². The quantitative estimate of drug-likeness (QED) is 0.776. The fourth-order valence-electron chi connectivity index (χ4n) is 2.01. The summed E-state index contributed by atoms with van der Waals surface area (Å²) in [6.07, 6.45) is 2.77. The predicted molar refractivity (Wildman–Crippen MR) is 69.6 cm³/mol. The van der Waals surface area contributed by atoms with E-state index in [0.717, 1.165) is 18.5 Å². The minimum absolute atomic E-state index is 0.179. The third-order valence-corrected chi connectivity index (χ3v) is 3.55. The van der Waals surface area contributed by atoms with E-state index in [9.17, 15) is 4.39 Å². The summed E-state index contributed by atoms with van der Waals surface area (Å²) in [5.41, 5.74) is 1.62. The van der Waals surface area contributed by atoms with Crippen LogP contribution in [-0.4, -0.2) is 12.6 Å². The zero-order valence-electron chi connectivity index (χ0n) is 9.50. The first-order chi connectivity index (χ1) is 8.27. The number of rotatable bonds is 5. The Balaban J connectivity index is 2.28. The number of benzene rings is 1. The molecule has 1 aromatic rings. The van der Waals surface area contributed by atoms with Crippen molar-refractivity contribution in [1.82, 2.24) is 0 Å². The maximum absolute atomic E-state index is 13.7. The molecule has 0 atom stereocenters. The molecule has 0 unspecified atom stereocenters. The van der Waals surface area contributed by atoms with Crippen LogP contribution in [0, 0.1) is 17.1 Å². The van der Waals surface area contributed by atoms with E-state index in [-0.39, 0.29) is 5.82 Å². The van der Waals surface area contributed by atoms with Gasteiger partial charge >= 0.3 is 0 Å². The van der Waals surface area contributed by atoms with Crippen molar-refractivity contribution in [3.8, 4) is 6.07 Å². The second-order valence-corrected chi connectivity index (χ2v) is 4.76. The standard InChI is InChI=1S/C13H14BrFN2/c14-9-11-12(15)3-1-4-13(11)17(8-2-7-16)10-5-6-10/h1,3-4,10H,2,5-6,8-9H2. The van der Waals surface area contributed by atoms with Gasteiger partial charge in [0.05, 0.1) is 12.5 Å². The van der Waals surface area contributed by atoms with Crippen molar-refractivity contribution in [2.75, 3.05) is 11.4 Å². The predicted octanol–water partition coefficient (Wildman–Crippen LogP) is 3.60. The average molecular weight is 297 g/mol. The second-order valence-electron chi connectivity index (χ2n) is 4.20. The van der Waals surface area contributed by atoms with Gasteiger partial charge in [0.15, 0.2) is 0 Å². The van der Waals surface area contributed by atoms with Crippen LogP contribution in [0.5, 0.6) is 0 Å². The molecule has 0 amide bonds. The SMILES string of the molecule is N#CCCN(c1cccc(F)c1CBr)C1CC1. The first kappa shape index (κ1) is 12.4. The van der Waals surface area contributed by atoms with Crippen molar-refractivity contribution < 1.29 is 4.39 Å². The third-order valence-electron chi connectivity index (χ3n) is 2.99. The van der Waals surface area contributed by atoms with E-state index in [1.807, 2.05) is 6.07 Å². The van der Waals surface area contributed by atoms with Crippen molar-refractivity contribution in [2.24, 2.45) is 0 Å². The molecule has 0 heterocycles. The Bertz CT molecular complexity index is 438. The second kappa shape index (κ2) is 5.50. The highest BCUT2D eigenvalue weighted by molar-refractivity contribution is 9.08. The molecule has 1 aromatic carbocycles. The van der Waals surface area contributed by atoms with Crippen LogP contribution in [0.4, 0.5) is 10.1 Å². The van der Waals surface area contributed by atoms with Crippen LogP contribution in [0.2, 0.25) is 0 Å². The number of anilines is 1. The van der Waals surface area contributed by atoms with Crippen LogP contribution in [0.15, 0.2) is 18.2 Å². The minimum atomic E-state index is -0.179. The summed E-state index contributed by atoms with van der Waals surface area (Å²) in [5.74, 6) is -0.179. The summed E-state index contributed by atoms with van der Waals surface area (Å²) in [4.78, 5) is 2.17. The summed E-state index contributed by atoms with van der Waals surface area (Å²) in [7, 11) is 0. The van der Waals surface area contributed by atoms with E-state index in [2.05, 4.69) is 26.9 Å². The van der Waals surface area contributed by atoms with Gasteiger partial charge in [-0.05, 0) is 25.0 Å². The van der Waals surface area contributed by atoms with E-state index >= 15 is 0 Å². The molecule has 0 aromatic heterocycles. The van der Waals surface area contributed by atoms with Gasteiger partial charge in [-0.2, -0.15) is 5.26 Å². The van der Waals surface area contributed by atoms with Crippen LogP contribution >= 0.6 is 15.9 Å². The molecule has 0 bridgehead atoms. The summed E-state index contributed by atoms with van der Waals surface area (Å²) >= 11 is 3.33. The number of hydrogen-bond donors (Lipinski definition) is 0. The lowest BCUT2D eigenvalue weighted by Crippen LogP contribution is -2.27. The van der Waals surface area contributed by atoms with Gasteiger partial charge < -0.3 is 4.90 Å². The smallest absolute Gasteiger partial charge is 0.129 e. The zero-order valence-corrected chi connectivity index (χ0v) is 11.1. The normalized spacial score (nSPS) is 14.4. The van der Waals surface area contributed by atoms with Crippen LogP contribution in [0.1, 0.15) is 24.8 Å². The van der Waals surface area contributed by atoms with Gasteiger partial charge in [0.1, 0.15) is 5.82 Å². The Morgan fingerprint density at radius 2 is 2.24 bits per heavy atom. The Hall–Kier alpha value is -1.08. The van der Waals surface area contributed by atoms with Gasteiger partial charge in [0, 0.05) is 29.2 Å². The van der Waals surface area contributed by atoms with E-state index in [1.54, 1.807) is 6.07 Å². The topological polar surface area (TPSA) is 27.0 Å². The molecular weight excluding hydrogens is 283 g/mol. The molecule has 0 saturated heterocycles. The molecule has 1 fully saturated rings. The fourth-order valence-corrected chi connectivity index (χ4v) is 2.56. The van der Waals surface area contributed by atoms with Crippen LogP contribution in [0.3, 0.4) is 0 Å². The Morgan fingerprint density at radius 3 is 2.82 bits per heavy atom. The van der Waals surface area contributed by atoms with Crippen molar-refractivity contribution in [3.05, 3.63) is 29.6 Å². The summed E-state index contributed by atoms with van der Waals surface area (Å²) in [5, 5.41) is 9.19. The molecule has 0 N–H and O–H groups in total. The molecule has 4 heteroatoms. The summed E-state index contributed by atoms with van der Waals surface area (Å²) in [6.45, 7) is 0.685. The molecule has 1 aliphatic rings. The maximum atomic E-state index is 13.7. The van der Waals surface area contributed by atoms with Crippen molar-refractivity contribution in [3.63, 3.8) is 0 Å². The van der Waals surface area contributed by atoms with Gasteiger partial charge in [0.2, 0.25) is 0 Å². The highest BCUT2D eigenvalue weighted by atomic mass is 79.9. The number of nitriles is 1. The van der Waals surface area contributed by atoms with E-state index < -0.39 is 0 Å². The lowest BCUT2D eigenvalue weighted by atomic mass is 10.1. The third kappa shape index (κ3) is 2.78. The molecule has 2 nitrogen and oxygen atoms in total. The maximum Gasteiger partial charge on any atom is 0.129 e. The summed E-state index contributed by atoms with van der Waals surface area (Å²) in [6, 6.07) is 7.80. The molecule has 1 saturated carbocycles. The van der Waals surface area contributed by atoms with Gasteiger partial charge in [0.25, 0.3) is 0 Å². The lowest BCUT2D eigenvalue weighted by molar-refractivity contribution is 0.615. The molecule has 0 spiro atoms. The van der Waals surface area contributed by atoms with E-state index in [0.29, 0.717) is 29.9 Å². The summed E-state index contributed by atoms with van der Waals surface area (Å²) < 4.78 is 13.7. The molecular formula is C13H14BrFN2. The first-order valence-electron chi connectivity index (χ1n) is 5.75. The highest BCUT2D eigenvalue weighted by Crippen LogP contribution is 2.35. The molecule has 0 radical (unpaired) electrons. The zero-order chi connectivity index (χ0) is 12.3. The van der Waals surface area contributed by atoms with Gasteiger partial charge in [-0.3, -0.25) is 0 Å². The van der Waals surface area contributed by atoms with Crippen LogP contribution in [0.25, 0.3) is 0 Å². The largest absolute Gasteiger partial charge is 0.367 e. The van der Waals surface area contributed by atoms with Crippen molar-refractivity contribution in [2.45, 2.75) is 30.6 Å². The lowest BCUT2D eigenvalue weighted by Gasteiger charge is -2.26. The van der Waals surface area contributed by atoms with Crippen LogP contribution in [-0.2, 0) is 5.33 Å². The fraction of sp³-hybridized carbons (Fsp3) is 0.462. The molecule has 17 heavy (non-hydrogen) atoms. The Morgan fingerprint density at radius 1 is 1.47 bits per heavy atom. The first-order valence-corrected chi connectivity index (χ1v) is 6.87. The molecule has 2 rings (SSSR count). The van der Waals surface area contributed by atoms with Crippen LogP contribution < -0.4 is 4.90 Å². The molecule has 1 aliphatic carbocycles. The van der Waals surface area contributed by atoms with Gasteiger partial charge in [-0.15, -0.1) is 0 Å². The molecule has 0 aliphatic heterocycles. The highest BCUT2D eigenvalue weighted by Gasteiger charge is 2.30. The number of halogens is 2. The van der Waals surface area contributed by atoms with Gasteiger partial charge in [-0.25, -0.2) is 4.39 Å². The average Bonchev–Trinajstić information content (AvgIpc) is 3.14. The van der Waals surface area contributed by atoms with Crippen molar-refractivity contribution in [1.29, 1.82) is 5.26 Å². The Labute approximate surface area is 109 Å². The Kier molecular flexibility index (Phi) is 4.01. The van der Waals surface area contributed by atoms with E-state index in [4.69, 9.17) is 5.26 Å². The van der Waals surface area contributed by atoms with Crippen molar-refractivity contribution >= 4 is 21.6 Å². The van der Waals surface area contributed by atoms with E-state index in [1.165, 1.54) is 6.07 Å². The molecule has 90 valence electrons. The number of nitrogens with zero attached hydrogens (tertiary/aromatic N) is 2.